The van der Waals surface area contributed by atoms with Crippen LogP contribution in [0.25, 0.3) is 10.8 Å². The van der Waals surface area contributed by atoms with E-state index < -0.39 is 76.3 Å². The molecule has 0 radical (unpaired) electrons. The molecule has 13 heteroatoms. The number of para-hydroxylation sites is 1. The topological polar surface area (TPSA) is 111 Å². The highest BCUT2D eigenvalue weighted by Gasteiger charge is 2.68. The van der Waals surface area contributed by atoms with Crippen LogP contribution in [0.4, 0.5) is 24.7 Å². The summed E-state index contributed by atoms with van der Waals surface area (Å²) in [4.78, 5) is 62.3. The maximum Gasteiger partial charge on any atom is 0.433 e. The van der Waals surface area contributed by atoms with Gasteiger partial charge in [-0.05, 0) is 55.3 Å². The van der Waals surface area contributed by atoms with Crippen molar-refractivity contribution in [3.05, 3.63) is 107 Å². The van der Waals surface area contributed by atoms with Gasteiger partial charge in [0.1, 0.15) is 11.4 Å². The van der Waals surface area contributed by atoms with E-state index in [-0.39, 0.29) is 23.6 Å². The van der Waals surface area contributed by atoms with Crippen molar-refractivity contribution in [3.63, 3.8) is 0 Å². The van der Waals surface area contributed by atoms with Gasteiger partial charge in [0.2, 0.25) is 11.8 Å². The second kappa shape index (κ2) is 11.4. The average Bonchev–Trinajstić information content (AvgIpc) is 3.48. The second-order valence-electron chi connectivity index (χ2n) is 13.7. The van der Waals surface area contributed by atoms with Crippen molar-refractivity contribution in [2.24, 2.45) is 29.1 Å². The summed E-state index contributed by atoms with van der Waals surface area (Å²) in [5, 5.41) is 14.7. The maximum atomic E-state index is 14.6. The SMILES string of the molecule is CN(c1nc(C(F)(F)F)ccc1Cl)N1C(=O)[C@H]2[C@H](CC=C3[C@H]2C[C@H]2C(=O)N(c4ccccc4)C(=O)[C@@]2(C)[C@H]3c2ccc3ccccc3c2O)C1=O. The maximum absolute atomic E-state index is 14.6. The Balaban J connectivity index is 1.25. The molecule has 2 aliphatic carbocycles. The molecule has 0 spiro atoms. The van der Waals surface area contributed by atoms with Gasteiger partial charge in [-0.3, -0.25) is 24.2 Å². The summed E-state index contributed by atoms with van der Waals surface area (Å²) < 4.78 is 40.8. The number of hydrazine groups is 1. The van der Waals surface area contributed by atoms with E-state index in [2.05, 4.69) is 4.98 Å². The number of carbonyl (C=O) groups is 4. The number of hydrogen-bond donors (Lipinski definition) is 1. The Morgan fingerprint density at radius 2 is 1.61 bits per heavy atom. The summed E-state index contributed by atoms with van der Waals surface area (Å²) in [7, 11) is 1.25. The zero-order valence-corrected chi connectivity index (χ0v) is 28.0. The van der Waals surface area contributed by atoms with Crippen LogP contribution in [0, 0.1) is 29.1 Å². The molecule has 3 fully saturated rings. The first kappa shape index (κ1) is 32.9. The molecular weight excluding hydrogens is 685 g/mol. The standard InChI is InChI=1S/C38H30ClF3N4O5/c1-37-26(34(49)45(36(37)51)20-9-4-3-5-10-20)18-25-22(30(37)24-13-12-19-8-6-7-11-21(19)31(24)47)14-15-23-29(25)35(50)46(33(23)48)44(2)32-27(39)16-17-28(43-32)38(40,41)42/h3-14,16-17,23,25-26,29-30,47H,15,18H2,1-2H3/t23-,25+,26-,29-,30+,37+/m0/s1. The molecule has 1 N–H and O–H groups in total. The number of benzene rings is 3. The number of halogens is 4. The monoisotopic (exact) mass is 714 g/mol. The third-order valence-electron chi connectivity index (χ3n) is 11.2. The fraction of sp³-hybridized carbons (Fsp3) is 0.289. The molecule has 4 aliphatic rings. The van der Waals surface area contributed by atoms with Crippen molar-refractivity contribution in [2.75, 3.05) is 17.0 Å². The number of anilines is 2. The number of phenols is 1. The fourth-order valence-electron chi connectivity index (χ4n) is 8.88. The van der Waals surface area contributed by atoms with Gasteiger partial charge in [0.25, 0.3) is 11.8 Å². The first-order valence-electron chi connectivity index (χ1n) is 16.4. The number of carbonyl (C=O) groups excluding carboxylic acids is 4. The molecule has 2 saturated heterocycles. The number of allylic oxidation sites excluding steroid dienone is 2. The zero-order valence-electron chi connectivity index (χ0n) is 27.3. The first-order chi connectivity index (χ1) is 24.2. The second-order valence-corrected chi connectivity index (χ2v) is 14.1. The van der Waals surface area contributed by atoms with E-state index in [0.29, 0.717) is 28.3 Å². The normalized spacial score (nSPS) is 27.4. The van der Waals surface area contributed by atoms with Crippen LogP contribution in [0.2, 0.25) is 5.02 Å². The fourth-order valence-corrected chi connectivity index (χ4v) is 9.11. The highest BCUT2D eigenvalue weighted by molar-refractivity contribution is 6.33. The lowest BCUT2D eigenvalue weighted by Crippen LogP contribution is -2.49. The number of aromatic nitrogens is 1. The molecule has 6 atom stereocenters. The summed E-state index contributed by atoms with van der Waals surface area (Å²) in [5.41, 5.74) is -1.16. The molecule has 1 aromatic heterocycles. The third kappa shape index (κ3) is 4.65. The van der Waals surface area contributed by atoms with Gasteiger partial charge < -0.3 is 5.11 Å². The number of hydrogen-bond acceptors (Lipinski definition) is 7. The van der Waals surface area contributed by atoms with Crippen LogP contribution in [0.3, 0.4) is 0 Å². The van der Waals surface area contributed by atoms with E-state index in [1.807, 2.05) is 24.3 Å². The molecule has 3 heterocycles. The molecule has 8 rings (SSSR count). The number of nitrogens with zero attached hydrogens (tertiary/aromatic N) is 4. The van der Waals surface area contributed by atoms with E-state index in [4.69, 9.17) is 11.6 Å². The molecule has 51 heavy (non-hydrogen) atoms. The van der Waals surface area contributed by atoms with Crippen LogP contribution in [0.15, 0.2) is 90.5 Å². The minimum Gasteiger partial charge on any atom is -0.507 e. The summed E-state index contributed by atoms with van der Waals surface area (Å²) in [5.74, 6) is -7.11. The third-order valence-corrected chi connectivity index (χ3v) is 11.5. The van der Waals surface area contributed by atoms with E-state index in [0.717, 1.165) is 21.5 Å². The predicted molar refractivity (Wildman–Crippen MR) is 181 cm³/mol. The quantitative estimate of drug-likeness (QED) is 0.181. The molecular formula is C38H30ClF3N4O5. The highest BCUT2D eigenvalue weighted by Crippen LogP contribution is 2.64. The lowest BCUT2D eigenvalue weighted by atomic mass is 9.51. The van der Waals surface area contributed by atoms with Crippen LogP contribution in [-0.2, 0) is 25.4 Å². The molecule has 0 unspecified atom stereocenters. The van der Waals surface area contributed by atoms with Gasteiger partial charge in [-0.25, -0.2) is 9.88 Å². The van der Waals surface area contributed by atoms with Crippen LogP contribution in [0.5, 0.6) is 5.75 Å². The summed E-state index contributed by atoms with van der Waals surface area (Å²) in [6.45, 7) is 1.73. The van der Waals surface area contributed by atoms with Crippen molar-refractivity contribution >= 4 is 57.5 Å². The molecule has 260 valence electrons. The number of rotatable bonds is 4. The Morgan fingerprint density at radius 1 is 0.902 bits per heavy atom. The number of pyridine rings is 1. The van der Waals surface area contributed by atoms with Gasteiger partial charge in [0.05, 0.1) is 33.9 Å². The van der Waals surface area contributed by atoms with Crippen LogP contribution in [0.1, 0.15) is 36.9 Å². The van der Waals surface area contributed by atoms with Crippen LogP contribution < -0.4 is 9.91 Å². The molecule has 3 aromatic carbocycles. The number of aromatic hydroxyl groups is 1. The molecule has 4 amide bonds. The number of imide groups is 2. The average molecular weight is 715 g/mol. The Morgan fingerprint density at radius 3 is 2.33 bits per heavy atom. The number of fused-ring (bicyclic) bond motifs is 5. The summed E-state index contributed by atoms with van der Waals surface area (Å²) in [6.07, 6.45) is -2.82. The Kier molecular flexibility index (Phi) is 7.36. The molecule has 2 aliphatic heterocycles. The van der Waals surface area contributed by atoms with Gasteiger partial charge in [-0.2, -0.15) is 18.2 Å². The molecule has 9 nitrogen and oxygen atoms in total. The molecule has 0 bridgehead atoms. The number of phenolic OH excluding ortho intramolecular Hbond substituents is 1. The zero-order chi connectivity index (χ0) is 36.1. The van der Waals surface area contributed by atoms with Crippen molar-refractivity contribution < 1.29 is 37.5 Å². The smallest absolute Gasteiger partial charge is 0.433 e. The van der Waals surface area contributed by atoms with Crippen molar-refractivity contribution in [2.45, 2.75) is 31.9 Å². The Labute approximate surface area is 294 Å². The van der Waals surface area contributed by atoms with Gasteiger partial charge in [-0.1, -0.05) is 77.8 Å². The minimum absolute atomic E-state index is 0.0550. The van der Waals surface area contributed by atoms with Crippen molar-refractivity contribution in [3.8, 4) is 5.75 Å². The molecule has 4 aromatic rings. The predicted octanol–water partition coefficient (Wildman–Crippen LogP) is 6.89. The largest absolute Gasteiger partial charge is 0.507 e. The summed E-state index contributed by atoms with van der Waals surface area (Å²) >= 11 is 6.26. The van der Waals surface area contributed by atoms with Gasteiger partial charge in [0.15, 0.2) is 5.82 Å². The van der Waals surface area contributed by atoms with E-state index in [1.165, 1.54) is 11.9 Å². The number of amides is 4. The van der Waals surface area contributed by atoms with Crippen LogP contribution in [-0.4, -0.2) is 45.8 Å². The Hall–Kier alpha value is -5.23. The van der Waals surface area contributed by atoms with Gasteiger partial charge in [-0.15, -0.1) is 0 Å². The lowest BCUT2D eigenvalue weighted by Gasteiger charge is -2.49. The Bertz CT molecular complexity index is 2210. The van der Waals surface area contributed by atoms with E-state index in [1.54, 1.807) is 55.5 Å². The first-order valence-corrected chi connectivity index (χ1v) is 16.8. The van der Waals surface area contributed by atoms with Crippen LogP contribution >= 0.6 is 11.6 Å². The minimum atomic E-state index is -4.80. The van der Waals surface area contributed by atoms with Crippen molar-refractivity contribution in [1.82, 2.24) is 9.99 Å². The number of alkyl halides is 3. The highest BCUT2D eigenvalue weighted by atomic mass is 35.5. The molecule has 1 saturated carbocycles. The van der Waals surface area contributed by atoms with Crippen molar-refractivity contribution in [1.29, 1.82) is 0 Å². The van der Waals surface area contributed by atoms with E-state index >= 15 is 0 Å². The summed E-state index contributed by atoms with van der Waals surface area (Å²) in [6, 6.07) is 21.1. The lowest BCUT2D eigenvalue weighted by molar-refractivity contribution is -0.141. The van der Waals surface area contributed by atoms with E-state index in [9.17, 15) is 37.5 Å². The van der Waals surface area contributed by atoms with Gasteiger partial charge in [0, 0.05) is 23.9 Å². The van der Waals surface area contributed by atoms with Gasteiger partial charge >= 0.3 is 6.18 Å².